The van der Waals surface area contributed by atoms with Crippen LogP contribution in [0.5, 0.6) is 5.75 Å². The predicted octanol–water partition coefficient (Wildman–Crippen LogP) is 0.788. The van der Waals surface area contributed by atoms with Crippen LogP contribution in [0, 0.1) is 0 Å². The lowest BCUT2D eigenvalue weighted by molar-refractivity contribution is -0.895. The smallest absolute Gasteiger partial charge is 0.406 e. The Kier molecular flexibility index (Phi) is 6.64. The van der Waals surface area contributed by atoms with Crippen LogP contribution in [0.3, 0.4) is 0 Å². The molecule has 0 atom stereocenters. The molecular formula is C13H20F3N2O3S+. The van der Waals surface area contributed by atoms with Gasteiger partial charge in [0.25, 0.3) is 0 Å². The summed E-state index contributed by atoms with van der Waals surface area (Å²) in [5, 5.41) is 0. The summed E-state index contributed by atoms with van der Waals surface area (Å²) in [6.45, 7) is 6.70. The Hall–Kier alpha value is -1.32. The Morgan fingerprint density at radius 1 is 1.14 bits per heavy atom. The van der Waals surface area contributed by atoms with Gasteiger partial charge in [0.2, 0.25) is 10.0 Å². The zero-order valence-electron chi connectivity index (χ0n) is 12.4. The summed E-state index contributed by atoms with van der Waals surface area (Å²) in [5.74, 6) is -0.459. The van der Waals surface area contributed by atoms with E-state index in [9.17, 15) is 21.6 Å². The molecule has 0 aliphatic carbocycles. The number of sulfonamides is 1. The lowest BCUT2D eigenvalue weighted by atomic mass is 10.3. The first-order valence-corrected chi connectivity index (χ1v) is 8.35. The average Bonchev–Trinajstić information content (AvgIpc) is 2.42. The topological polar surface area (TPSA) is 59.8 Å². The number of nitrogens with one attached hydrogen (secondary N) is 2. The molecule has 0 radical (unpaired) electrons. The molecule has 1 aromatic rings. The number of quaternary nitrogens is 1. The van der Waals surface area contributed by atoms with E-state index in [-0.39, 0.29) is 11.4 Å². The second-order valence-corrected chi connectivity index (χ2v) is 6.39. The van der Waals surface area contributed by atoms with Gasteiger partial charge in [-0.05, 0) is 38.1 Å². The van der Waals surface area contributed by atoms with Gasteiger partial charge in [0, 0.05) is 0 Å². The number of likely N-dealkylation sites (N-methyl/N-ethyl adjacent to an activating group) is 1. The van der Waals surface area contributed by atoms with Crippen LogP contribution in [-0.2, 0) is 10.0 Å². The molecule has 0 saturated carbocycles. The number of rotatable bonds is 8. The third-order valence-electron chi connectivity index (χ3n) is 3.14. The molecule has 1 rings (SSSR count). The molecule has 22 heavy (non-hydrogen) atoms. The number of halogens is 3. The molecule has 0 fully saturated rings. The minimum absolute atomic E-state index is 0.100. The fourth-order valence-electron chi connectivity index (χ4n) is 1.87. The monoisotopic (exact) mass is 341 g/mol. The molecule has 2 N–H and O–H groups in total. The van der Waals surface area contributed by atoms with Crippen molar-refractivity contribution in [3.63, 3.8) is 0 Å². The van der Waals surface area contributed by atoms with Crippen LogP contribution in [-0.4, -0.2) is 41.0 Å². The first-order chi connectivity index (χ1) is 10.2. The molecular weight excluding hydrogens is 321 g/mol. The van der Waals surface area contributed by atoms with Crippen LogP contribution in [0.4, 0.5) is 13.2 Å². The molecule has 0 amide bonds. The third-order valence-corrected chi connectivity index (χ3v) is 4.62. The molecule has 0 saturated heterocycles. The van der Waals surface area contributed by atoms with Gasteiger partial charge >= 0.3 is 6.36 Å². The van der Waals surface area contributed by atoms with Crippen LogP contribution in [0.25, 0.3) is 0 Å². The summed E-state index contributed by atoms with van der Waals surface area (Å²) < 4.78 is 66.2. The summed E-state index contributed by atoms with van der Waals surface area (Å²) >= 11 is 0. The van der Waals surface area contributed by atoms with Gasteiger partial charge < -0.3 is 9.64 Å². The summed E-state index contributed by atoms with van der Waals surface area (Å²) in [4.78, 5) is 1.15. The summed E-state index contributed by atoms with van der Waals surface area (Å²) in [6, 6.07) is 4.09. The van der Waals surface area contributed by atoms with E-state index in [1.54, 1.807) is 0 Å². The third kappa shape index (κ3) is 6.20. The van der Waals surface area contributed by atoms with Crippen molar-refractivity contribution in [2.24, 2.45) is 0 Å². The number of ether oxygens (including phenoxy) is 1. The summed E-state index contributed by atoms with van der Waals surface area (Å²) in [6.07, 6.45) is -4.80. The van der Waals surface area contributed by atoms with Crippen molar-refractivity contribution in [1.82, 2.24) is 4.72 Å². The van der Waals surface area contributed by atoms with Crippen LogP contribution in [0.2, 0.25) is 0 Å². The second-order valence-electron chi connectivity index (χ2n) is 4.62. The lowest BCUT2D eigenvalue weighted by Crippen LogP contribution is -3.12. The van der Waals surface area contributed by atoms with Gasteiger partial charge in [0.1, 0.15) is 5.75 Å². The van der Waals surface area contributed by atoms with Gasteiger partial charge in [-0.1, -0.05) is 0 Å². The molecule has 0 aliphatic heterocycles. The average molecular weight is 341 g/mol. The Bertz CT molecular complexity index is 555. The van der Waals surface area contributed by atoms with Crippen LogP contribution in [0.15, 0.2) is 29.2 Å². The predicted molar refractivity (Wildman–Crippen MR) is 75.2 cm³/mol. The molecule has 5 nitrogen and oxygen atoms in total. The van der Waals surface area contributed by atoms with Gasteiger partial charge in [0.15, 0.2) is 0 Å². The van der Waals surface area contributed by atoms with E-state index in [1.807, 2.05) is 13.8 Å². The van der Waals surface area contributed by atoms with Crippen molar-refractivity contribution < 1.29 is 31.2 Å². The Morgan fingerprint density at radius 3 is 2.14 bits per heavy atom. The number of alkyl halides is 3. The molecule has 0 bridgehead atoms. The minimum Gasteiger partial charge on any atom is -0.406 e. The summed E-state index contributed by atoms with van der Waals surface area (Å²) in [7, 11) is -3.73. The van der Waals surface area contributed by atoms with Crippen molar-refractivity contribution in [3.05, 3.63) is 24.3 Å². The van der Waals surface area contributed by atoms with Crippen molar-refractivity contribution in [2.75, 3.05) is 26.2 Å². The molecule has 9 heteroatoms. The number of hydrogen-bond acceptors (Lipinski definition) is 3. The van der Waals surface area contributed by atoms with E-state index < -0.39 is 22.1 Å². The molecule has 1 aromatic carbocycles. The first-order valence-electron chi connectivity index (χ1n) is 6.87. The Morgan fingerprint density at radius 2 is 1.68 bits per heavy atom. The highest BCUT2D eigenvalue weighted by molar-refractivity contribution is 7.89. The maximum Gasteiger partial charge on any atom is 0.573 e. The van der Waals surface area contributed by atoms with E-state index in [0.29, 0.717) is 6.54 Å². The maximum absolute atomic E-state index is 12.0. The van der Waals surface area contributed by atoms with Gasteiger partial charge in [-0.25, -0.2) is 13.1 Å². The molecule has 0 unspecified atom stereocenters. The van der Waals surface area contributed by atoms with Crippen LogP contribution < -0.4 is 14.4 Å². The quantitative estimate of drug-likeness (QED) is 0.735. The van der Waals surface area contributed by atoms with E-state index in [2.05, 4.69) is 9.46 Å². The second kappa shape index (κ2) is 7.80. The first kappa shape index (κ1) is 18.7. The van der Waals surface area contributed by atoms with E-state index in [1.165, 1.54) is 4.90 Å². The number of hydrogen-bond donors (Lipinski definition) is 2. The number of benzene rings is 1. The Balaban J connectivity index is 2.65. The fourth-order valence-corrected chi connectivity index (χ4v) is 2.90. The normalized spacial score (nSPS) is 12.6. The largest absolute Gasteiger partial charge is 0.573 e. The van der Waals surface area contributed by atoms with Gasteiger partial charge in [-0.15, -0.1) is 13.2 Å². The van der Waals surface area contributed by atoms with Gasteiger partial charge in [-0.3, -0.25) is 0 Å². The molecule has 0 heterocycles. The van der Waals surface area contributed by atoms with Crippen molar-refractivity contribution >= 4 is 10.0 Å². The fraction of sp³-hybridized carbons (Fsp3) is 0.538. The molecule has 0 aliphatic rings. The summed E-state index contributed by atoms with van der Waals surface area (Å²) in [5.41, 5.74) is 0. The molecule has 0 aromatic heterocycles. The molecule has 0 spiro atoms. The van der Waals surface area contributed by atoms with Crippen molar-refractivity contribution in [1.29, 1.82) is 0 Å². The SMILES string of the molecule is CC[NH+](CC)CCNS(=O)(=O)c1ccc(OC(F)(F)F)cc1. The van der Waals surface area contributed by atoms with E-state index in [0.717, 1.165) is 37.4 Å². The highest BCUT2D eigenvalue weighted by Crippen LogP contribution is 2.23. The minimum atomic E-state index is -4.80. The van der Waals surface area contributed by atoms with Gasteiger partial charge in [0.05, 0.1) is 31.1 Å². The maximum atomic E-state index is 12.0. The van der Waals surface area contributed by atoms with E-state index >= 15 is 0 Å². The van der Waals surface area contributed by atoms with Crippen molar-refractivity contribution in [3.8, 4) is 5.75 Å². The van der Waals surface area contributed by atoms with E-state index in [4.69, 9.17) is 0 Å². The van der Waals surface area contributed by atoms with Crippen molar-refractivity contribution in [2.45, 2.75) is 25.1 Å². The lowest BCUT2D eigenvalue weighted by Gasteiger charge is -2.15. The van der Waals surface area contributed by atoms with Crippen LogP contribution >= 0.6 is 0 Å². The highest BCUT2D eigenvalue weighted by atomic mass is 32.2. The highest BCUT2D eigenvalue weighted by Gasteiger charge is 2.31. The standard InChI is InChI=1S/C13H19F3N2O3S/c1-3-18(4-2)10-9-17-22(19,20)12-7-5-11(6-8-12)21-13(14,15)16/h5-8,17H,3-4,9-10H2,1-2H3/p+1. The van der Waals surface area contributed by atoms with Gasteiger partial charge in [-0.2, -0.15) is 0 Å². The van der Waals surface area contributed by atoms with Crippen LogP contribution in [0.1, 0.15) is 13.8 Å². The molecule has 126 valence electrons. The zero-order chi connectivity index (χ0) is 16.8. The zero-order valence-corrected chi connectivity index (χ0v) is 13.2. The Labute approximate surface area is 128 Å².